The third kappa shape index (κ3) is 4.40. The fourth-order valence-corrected chi connectivity index (χ4v) is 1.55. The lowest BCUT2D eigenvalue weighted by atomic mass is 10.2. The molecular formula is C12H17FN2O2. The van der Waals surface area contributed by atoms with Crippen LogP contribution in [0.5, 0.6) is 5.75 Å². The third-order valence-electron chi connectivity index (χ3n) is 2.17. The van der Waals surface area contributed by atoms with Crippen molar-refractivity contribution in [2.45, 2.75) is 13.5 Å². The molecule has 0 saturated carbocycles. The van der Waals surface area contributed by atoms with Crippen molar-refractivity contribution in [3.63, 3.8) is 0 Å². The first-order valence-electron chi connectivity index (χ1n) is 5.41. The zero-order valence-corrected chi connectivity index (χ0v) is 10.1. The van der Waals surface area contributed by atoms with Gasteiger partial charge < -0.3 is 10.5 Å². The second kappa shape index (κ2) is 6.20. The number of nitrogens with zero attached hydrogens (tertiary/aromatic N) is 1. The number of rotatable bonds is 6. The Bertz CT molecular complexity index is 396. The molecule has 5 heteroatoms. The Morgan fingerprint density at radius 3 is 2.76 bits per heavy atom. The van der Waals surface area contributed by atoms with Crippen LogP contribution in [0.1, 0.15) is 12.5 Å². The summed E-state index contributed by atoms with van der Waals surface area (Å²) in [4.78, 5) is 12.4. The number of hydrogen-bond donors (Lipinski definition) is 1. The summed E-state index contributed by atoms with van der Waals surface area (Å²) in [7, 11) is 1.75. The molecule has 0 heterocycles. The van der Waals surface area contributed by atoms with Gasteiger partial charge >= 0.3 is 0 Å². The summed E-state index contributed by atoms with van der Waals surface area (Å²) in [5, 5.41) is 0. The van der Waals surface area contributed by atoms with Crippen LogP contribution in [0.3, 0.4) is 0 Å². The van der Waals surface area contributed by atoms with Gasteiger partial charge in [0.2, 0.25) is 5.91 Å². The van der Waals surface area contributed by atoms with Crippen molar-refractivity contribution in [1.29, 1.82) is 0 Å². The van der Waals surface area contributed by atoms with Crippen molar-refractivity contribution < 1.29 is 13.9 Å². The van der Waals surface area contributed by atoms with Gasteiger partial charge in [-0.1, -0.05) is 6.07 Å². The molecule has 1 rings (SSSR count). The van der Waals surface area contributed by atoms with Crippen molar-refractivity contribution in [1.82, 2.24) is 4.90 Å². The van der Waals surface area contributed by atoms with Gasteiger partial charge in [0.1, 0.15) is 0 Å². The molecule has 0 aliphatic heterocycles. The predicted molar refractivity (Wildman–Crippen MR) is 63.1 cm³/mol. The summed E-state index contributed by atoms with van der Waals surface area (Å²) < 4.78 is 18.6. The van der Waals surface area contributed by atoms with Gasteiger partial charge in [0.05, 0.1) is 13.2 Å². The van der Waals surface area contributed by atoms with Crippen molar-refractivity contribution in [2.75, 3.05) is 20.2 Å². The van der Waals surface area contributed by atoms with Crippen molar-refractivity contribution in [2.24, 2.45) is 5.73 Å². The summed E-state index contributed by atoms with van der Waals surface area (Å²) >= 11 is 0. The fraction of sp³-hybridized carbons (Fsp3) is 0.417. The molecule has 1 amide bonds. The van der Waals surface area contributed by atoms with E-state index in [-0.39, 0.29) is 12.3 Å². The third-order valence-corrected chi connectivity index (χ3v) is 2.17. The first kappa shape index (κ1) is 13.4. The predicted octanol–water partition coefficient (Wildman–Crippen LogP) is 1.14. The molecule has 4 nitrogen and oxygen atoms in total. The molecule has 0 unspecified atom stereocenters. The number of benzene rings is 1. The van der Waals surface area contributed by atoms with E-state index in [9.17, 15) is 9.18 Å². The molecule has 0 aliphatic carbocycles. The zero-order valence-electron chi connectivity index (χ0n) is 10.1. The van der Waals surface area contributed by atoms with Crippen LogP contribution >= 0.6 is 0 Å². The number of hydrogen-bond acceptors (Lipinski definition) is 3. The number of halogens is 1. The Kier molecular flexibility index (Phi) is 4.90. The molecule has 0 bridgehead atoms. The number of primary amides is 1. The van der Waals surface area contributed by atoms with Crippen LogP contribution in [0.2, 0.25) is 0 Å². The standard InChI is InChI=1S/C12H17FN2O2/c1-3-17-11-5-4-9(6-10(11)13)7-15(2)8-12(14)16/h4-6H,3,7-8H2,1-2H3,(H2,14,16). The van der Waals surface area contributed by atoms with E-state index in [0.717, 1.165) is 5.56 Å². The van der Waals surface area contributed by atoms with Crippen molar-refractivity contribution >= 4 is 5.91 Å². The maximum absolute atomic E-state index is 13.5. The van der Waals surface area contributed by atoms with Gasteiger partial charge in [-0.25, -0.2) is 4.39 Å². The van der Waals surface area contributed by atoms with E-state index in [1.165, 1.54) is 6.07 Å². The Balaban J connectivity index is 2.66. The average molecular weight is 240 g/mol. The van der Waals surface area contributed by atoms with Gasteiger partial charge in [0.15, 0.2) is 11.6 Å². The van der Waals surface area contributed by atoms with Crippen LogP contribution in [0, 0.1) is 5.82 Å². The van der Waals surface area contributed by atoms with Gasteiger partial charge in [-0.15, -0.1) is 0 Å². The summed E-state index contributed by atoms with van der Waals surface area (Å²) in [5.41, 5.74) is 5.84. The maximum atomic E-state index is 13.5. The Morgan fingerprint density at radius 2 is 2.24 bits per heavy atom. The minimum atomic E-state index is -0.404. The summed E-state index contributed by atoms with van der Waals surface area (Å²) in [6, 6.07) is 4.76. The lowest BCUT2D eigenvalue weighted by Gasteiger charge is -2.15. The van der Waals surface area contributed by atoms with E-state index in [1.807, 2.05) is 0 Å². The molecule has 0 atom stereocenters. The van der Waals surface area contributed by atoms with Gasteiger partial charge in [0.25, 0.3) is 0 Å². The van der Waals surface area contributed by atoms with E-state index in [0.29, 0.717) is 13.2 Å². The average Bonchev–Trinajstić information content (AvgIpc) is 2.21. The van der Waals surface area contributed by atoms with Crippen molar-refractivity contribution in [3.8, 4) is 5.75 Å². The monoisotopic (exact) mass is 240 g/mol. The second-order valence-electron chi connectivity index (χ2n) is 3.84. The molecule has 2 N–H and O–H groups in total. The van der Waals surface area contributed by atoms with Crippen molar-refractivity contribution in [3.05, 3.63) is 29.6 Å². The van der Waals surface area contributed by atoms with Crippen LogP contribution in [0.15, 0.2) is 18.2 Å². The molecule has 94 valence electrons. The number of carbonyl (C=O) groups excluding carboxylic acids is 1. The second-order valence-corrected chi connectivity index (χ2v) is 3.84. The highest BCUT2D eigenvalue weighted by molar-refractivity contribution is 5.75. The van der Waals surface area contributed by atoms with E-state index in [4.69, 9.17) is 10.5 Å². The van der Waals surface area contributed by atoms with Crippen LogP contribution in [-0.4, -0.2) is 31.0 Å². The van der Waals surface area contributed by atoms with Crippen LogP contribution in [0.25, 0.3) is 0 Å². The molecule has 1 aromatic carbocycles. The Hall–Kier alpha value is -1.62. The molecule has 0 radical (unpaired) electrons. The quantitative estimate of drug-likeness (QED) is 0.811. The smallest absolute Gasteiger partial charge is 0.231 e. The lowest BCUT2D eigenvalue weighted by Crippen LogP contribution is -2.30. The first-order chi connectivity index (χ1) is 8.02. The molecule has 1 aromatic rings. The number of likely N-dealkylation sites (N-methyl/N-ethyl adjacent to an activating group) is 1. The fourth-order valence-electron chi connectivity index (χ4n) is 1.55. The Labute approximate surface area is 100 Å². The van der Waals surface area contributed by atoms with E-state index in [2.05, 4.69) is 0 Å². The van der Waals surface area contributed by atoms with Gasteiger partial charge in [0, 0.05) is 6.54 Å². The van der Waals surface area contributed by atoms with Crippen LogP contribution in [0.4, 0.5) is 4.39 Å². The SMILES string of the molecule is CCOc1ccc(CN(C)CC(N)=O)cc1F. The van der Waals surface area contributed by atoms with E-state index in [1.54, 1.807) is 31.0 Å². The summed E-state index contributed by atoms with van der Waals surface area (Å²) in [6.07, 6.45) is 0. The number of amides is 1. The van der Waals surface area contributed by atoms with E-state index < -0.39 is 11.7 Å². The first-order valence-corrected chi connectivity index (χ1v) is 5.41. The molecule has 0 fully saturated rings. The molecular weight excluding hydrogens is 223 g/mol. The molecule has 0 spiro atoms. The highest BCUT2D eigenvalue weighted by atomic mass is 19.1. The molecule has 17 heavy (non-hydrogen) atoms. The van der Waals surface area contributed by atoms with Crippen LogP contribution < -0.4 is 10.5 Å². The number of nitrogens with two attached hydrogens (primary N) is 1. The zero-order chi connectivity index (χ0) is 12.8. The normalized spacial score (nSPS) is 10.6. The molecule has 0 saturated heterocycles. The van der Waals surface area contributed by atoms with Gasteiger partial charge in [-0.05, 0) is 31.7 Å². The lowest BCUT2D eigenvalue weighted by molar-refractivity contribution is -0.118. The topological polar surface area (TPSA) is 55.6 Å². The minimum Gasteiger partial charge on any atom is -0.491 e. The summed E-state index contributed by atoms with van der Waals surface area (Å²) in [5.74, 6) is -0.551. The minimum absolute atomic E-state index is 0.148. The molecule has 0 aromatic heterocycles. The highest BCUT2D eigenvalue weighted by Gasteiger charge is 2.07. The largest absolute Gasteiger partial charge is 0.491 e. The molecule has 0 aliphatic rings. The van der Waals surface area contributed by atoms with Crippen LogP contribution in [-0.2, 0) is 11.3 Å². The highest BCUT2D eigenvalue weighted by Crippen LogP contribution is 2.18. The van der Waals surface area contributed by atoms with E-state index >= 15 is 0 Å². The van der Waals surface area contributed by atoms with Gasteiger partial charge in [-0.3, -0.25) is 9.69 Å². The number of ether oxygens (including phenoxy) is 1. The Morgan fingerprint density at radius 1 is 1.53 bits per heavy atom. The number of carbonyl (C=O) groups is 1. The summed E-state index contributed by atoms with van der Waals surface area (Å²) in [6.45, 7) is 2.84. The maximum Gasteiger partial charge on any atom is 0.231 e. The van der Waals surface area contributed by atoms with Gasteiger partial charge in [-0.2, -0.15) is 0 Å².